The minimum Gasteiger partial charge on any atom is -0.348 e. The van der Waals surface area contributed by atoms with Crippen LogP contribution in [0.5, 0.6) is 0 Å². The topological polar surface area (TPSA) is 113 Å². The molecule has 1 aromatic heterocycles. The highest BCUT2D eigenvalue weighted by Gasteiger charge is 2.47. The lowest BCUT2D eigenvalue weighted by Gasteiger charge is -2.37. The van der Waals surface area contributed by atoms with Crippen LogP contribution in [-0.2, 0) is 27.6 Å². The normalized spacial score (nSPS) is 17.7. The number of aromatic nitrogens is 1. The Kier molecular flexibility index (Phi) is 8.86. The Morgan fingerprint density at radius 1 is 1.11 bits per heavy atom. The van der Waals surface area contributed by atoms with E-state index in [1.807, 2.05) is 5.32 Å². The monoisotopic (exact) mass is 567 g/mol. The second-order valence-corrected chi connectivity index (χ2v) is 9.66. The molecule has 3 rings (SSSR count). The Bertz CT molecular complexity index is 1260. The molecule has 2 aromatic rings. The number of rotatable bonds is 7. The highest BCUT2D eigenvalue weighted by molar-refractivity contribution is 7.83. The van der Waals surface area contributed by atoms with Crippen molar-refractivity contribution in [1.82, 2.24) is 19.5 Å². The minimum atomic E-state index is -3.64. The van der Waals surface area contributed by atoms with Gasteiger partial charge in [0.15, 0.2) is 23.3 Å². The standard InChI is InChI=1S/C22H23F6N5O4S/c1-3-5-29-20(35)21(36)33-6-4-15(22(27,28)10-33)31-38(37)14-9-32(2)18(17(14)26)19(34)30-11-7-12(23)16(25)13(24)8-11/h7-9,15,31H,3-6,10H2,1-2H3,(H,29,35)(H,30,34). The SMILES string of the molecule is CCCNC(=O)C(=O)N1CCC(NS(=O)c2cn(C)c(C(=O)Nc3cc(F)c(F)c(F)c3)c2F)C(F)(F)C1. The van der Waals surface area contributed by atoms with Gasteiger partial charge in [0.25, 0.3) is 11.8 Å². The number of carbonyl (C=O) groups is 3. The molecule has 1 aliphatic heterocycles. The maximum atomic E-state index is 15.0. The van der Waals surface area contributed by atoms with Gasteiger partial charge in [-0.2, -0.15) is 0 Å². The van der Waals surface area contributed by atoms with Gasteiger partial charge < -0.3 is 20.1 Å². The number of benzene rings is 1. The number of alkyl halides is 2. The maximum absolute atomic E-state index is 15.0. The predicted molar refractivity (Wildman–Crippen MR) is 122 cm³/mol. The van der Waals surface area contributed by atoms with Crippen molar-refractivity contribution in [3.8, 4) is 0 Å². The average Bonchev–Trinajstić information content (AvgIpc) is 3.15. The van der Waals surface area contributed by atoms with Gasteiger partial charge in [-0.25, -0.2) is 35.3 Å². The molecule has 1 fully saturated rings. The lowest BCUT2D eigenvalue weighted by Crippen LogP contribution is -2.60. The van der Waals surface area contributed by atoms with Crippen LogP contribution in [0, 0.1) is 23.3 Å². The number of aryl methyl sites for hydroxylation is 1. The van der Waals surface area contributed by atoms with Crippen LogP contribution in [0.15, 0.2) is 23.2 Å². The van der Waals surface area contributed by atoms with Crippen LogP contribution in [0.4, 0.5) is 32.0 Å². The van der Waals surface area contributed by atoms with Gasteiger partial charge in [0.05, 0.1) is 12.6 Å². The molecule has 3 N–H and O–H groups in total. The molecule has 2 heterocycles. The summed E-state index contributed by atoms with van der Waals surface area (Å²) >= 11 is 0. The molecule has 1 saturated heterocycles. The number of hydrogen-bond donors (Lipinski definition) is 3. The third-order valence-electron chi connectivity index (χ3n) is 5.61. The first-order valence-corrected chi connectivity index (χ1v) is 12.3. The van der Waals surface area contributed by atoms with Crippen molar-refractivity contribution in [3.63, 3.8) is 0 Å². The van der Waals surface area contributed by atoms with E-state index in [1.165, 1.54) is 7.05 Å². The van der Waals surface area contributed by atoms with Crippen LogP contribution >= 0.6 is 0 Å². The molecule has 16 heteroatoms. The van der Waals surface area contributed by atoms with Crippen molar-refractivity contribution in [2.45, 2.75) is 36.6 Å². The van der Waals surface area contributed by atoms with Crippen LogP contribution in [0.2, 0.25) is 0 Å². The number of amides is 3. The second-order valence-electron chi connectivity index (χ2n) is 8.45. The molecule has 2 atom stereocenters. The zero-order valence-electron chi connectivity index (χ0n) is 20.0. The molecule has 3 amide bonds. The molecule has 0 bridgehead atoms. The van der Waals surface area contributed by atoms with E-state index in [0.29, 0.717) is 23.5 Å². The molecule has 0 saturated carbocycles. The van der Waals surface area contributed by atoms with E-state index in [2.05, 4.69) is 10.0 Å². The van der Waals surface area contributed by atoms with E-state index in [9.17, 15) is 40.5 Å². The number of nitrogens with one attached hydrogen (secondary N) is 3. The van der Waals surface area contributed by atoms with E-state index in [4.69, 9.17) is 0 Å². The molecule has 1 aliphatic rings. The van der Waals surface area contributed by atoms with Crippen LogP contribution in [0.25, 0.3) is 0 Å². The van der Waals surface area contributed by atoms with Crippen molar-refractivity contribution in [2.24, 2.45) is 7.05 Å². The molecule has 1 aromatic carbocycles. The lowest BCUT2D eigenvalue weighted by atomic mass is 10.0. The highest BCUT2D eigenvalue weighted by Crippen LogP contribution is 2.29. The van der Waals surface area contributed by atoms with Crippen LogP contribution in [0.1, 0.15) is 30.3 Å². The molecule has 9 nitrogen and oxygen atoms in total. The van der Waals surface area contributed by atoms with Gasteiger partial charge in [-0.15, -0.1) is 0 Å². The molecule has 208 valence electrons. The minimum absolute atomic E-state index is 0.193. The number of piperidine rings is 1. The van der Waals surface area contributed by atoms with E-state index < -0.39 is 93.2 Å². The molecular weight excluding hydrogens is 544 g/mol. The summed E-state index contributed by atoms with van der Waals surface area (Å²) in [5, 5.41) is 4.27. The Morgan fingerprint density at radius 3 is 2.32 bits per heavy atom. The van der Waals surface area contributed by atoms with Crippen molar-refractivity contribution in [1.29, 1.82) is 0 Å². The molecule has 0 spiro atoms. The number of hydrogen-bond acceptors (Lipinski definition) is 4. The van der Waals surface area contributed by atoms with E-state index in [-0.39, 0.29) is 13.1 Å². The summed E-state index contributed by atoms with van der Waals surface area (Å²) in [7, 11) is -1.42. The van der Waals surface area contributed by atoms with E-state index in [0.717, 1.165) is 10.8 Å². The molecule has 0 radical (unpaired) electrons. The van der Waals surface area contributed by atoms with Gasteiger partial charge in [-0.05, 0) is 12.8 Å². The highest BCUT2D eigenvalue weighted by atomic mass is 32.2. The molecular formula is C22H23F6N5O4S. The second kappa shape index (κ2) is 11.6. The summed E-state index contributed by atoms with van der Waals surface area (Å²) < 4.78 is 100. The van der Waals surface area contributed by atoms with Crippen LogP contribution < -0.4 is 15.4 Å². The van der Waals surface area contributed by atoms with Crippen molar-refractivity contribution in [2.75, 3.05) is 25.0 Å². The summed E-state index contributed by atoms with van der Waals surface area (Å²) in [6.07, 6.45) is 1.01. The first kappa shape index (κ1) is 29.2. The third-order valence-corrected chi connectivity index (χ3v) is 6.79. The summed E-state index contributed by atoms with van der Waals surface area (Å²) in [4.78, 5) is 36.4. The Balaban J connectivity index is 1.71. The van der Waals surface area contributed by atoms with Gasteiger partial charge in [0.1, 0.15) is 21.6 Å². The van der Waals surface area contributed by atoms with Crippen LogP contribution in [-0.4, -0.2) is 63.0 Å². The van der Waals surface area contributed by atoms with Gasteiger partial charge in [0.2, 0.25) is 0 Å². The fourth-order valence-corrected chi connectivity index (χ4v) is 4.87. The van der Waals surface area contributed by atoms with Crippen LogP contribution in [0.3, 0.4) is 0 Å². The quantitative estimate of drug-likeness (QED) is 0.271. The summed E-state index contributed by atoms with van der Waals surface area (Å²) in [6, 6.07) is -0.845. The fourth-order valence-electron chi connectivity index (χ4n) is 3.68. The van der Waals surface area contributed by atoms with Crippen molar-refractivity contribution < 1.29 is 44.9 Å². The maximum Gasteiger partial charge on any atom is 0.312 e. The van der Waals surface area contributed by atoms with Gasteiger partial charge >= 0.3 is 11.8 Å². The summed E-state index contributed by atoms with van der Waals surface area (Å²) in [5.74, 6) is -13.4. The van der Waals surface area contributed by atoms with Crippen molar-refractivity contribution >= 4 is 34.4 Å². The zero-order chi connectivity index (χ0) is 28.4. The summed E-state index contributed by atoms with van der Waals surface area (Å²) in [6.45, 7) is 0.530. The lowest BCUT2D eigenvalue weighted by molar-refractivity contribution is -0.153. The van der Waals surface area contributed by atoms with Gasteiger partial charge in [-0.1, -0.05) is 6.92 Å². The predicted octanol–water partition coefficient (Wildman–Crippen LogP) is 2.21. The van der Waals surface area contributed by atoms with E-state index in [1.54, 1.807) is 6.92 Å². The smallest absolute Gasteiger partial charge is 0.312 e. The first-order valence-electron chi connectivity index (χ1n) is 11.2. The van der Waals surface area contributed by atoms with Crippen molar-refractivity contribution in [3.05, 3.63) is 47.3 Å². The number of carbonyl (C=O) groups excluding carboxylic acids is 3. The Labute approximate surface area is 215 Å². The fraction of sp³-hybridized carbons (Fsp3) is 0.409. The Hall–Kier alpha value is -3.40. The molecule has 2 unspecified atom stereocenters. The number of halogens is 6. The molecule has 0 aliphatic carbocycles. The molecule has 38 heavy (non-hydrogen) atoms. The number of likely N-dealkylation sites (tertiary alicyclic amines) is 1. The number of anilines is 1. The van der Waals surface area contributed by atoms with Gasteiger partial charge in [-0.3, -0.25) is 14.4 Å². The number of nitrogens with zero attached hydrogens (tertiary/aromatic N) is 2. The third kappa shape index (κ3) is 6.18. The van der Waals surface area contributed by atoms with Gasteiger partial charge in [0, 0.05) is 44.2 Å². The average molecular weight is 568 g/mol. The first-order chi connectivity index (χ1) is 17.8. The van der Waals surface area contributed by atoms with E-state index >= 15 is 4.39 Å². The summed E-state index contributed by atoms with van der Waals surface area (Å²) in [5.41, 5.74) is -1.28. The largest absolute Gasteiger partial charge is 0.348 e. The Morgan fingerprint density at radius 2 is 1.74 bits per heavy atom. The zero-order valence-corrected chi connectivity index (χ0v) is 20.9.